The van der Waals surface area contributed by atoms with E-state index in [2.05, 4.69) is 5.32 Å². The molecule has 3 rings (SSSR count). The third kappa shape index (κ3) is 4.90. The molecule has 0 saturated carbocycles. The van der Waals surface area contributed by atoms with E-state index in [1.54, 1.807) is 31.1 Å². The first kappa shape index (κ1) is 21.6. The highest BCUT2D eigenvalue weighted by Gasteiger charge is 2.33. The van der Waals surface area contributed by atoms with Gasteiger partial charge in [0.25, 0.3) is 0 Å². The second kappa shape index (κ2) is 9.16. The van der Waals surface area contributed by atoms with Gasteiger partial charge in [0.2, 0.25) is 5.91 Å². The molecule has 0 aliphatic carbocycles. The summed E-state index contributed by atoms with van der Waals surface area (Å²) >= 11 is 0. The Morgan fingerprint density at radius 3 is 2.70 bits per heavy atom. The molecule has 2 aliphatic heterocycles. The summed E-state index contributed by atoms with van der Waals surface area (Å²) in [5, 5.41) is 3.87. The van der Waals surface area contributed by atoms with E-state index in [1.807, 2.05) is 0 Å². The van der Waals surface area contributed by atoms with Crippen molar-refractivity contribution in [2.75, 3.05) is 63.2 Å². The molecule has 1 aromatic carbocycles. The van der Waals surface area contributed by atoms with Crippen molar-refractivity contribution in [3.8, 4) is 0 Å². The molecule has 1 N–H and O–H groups in total. The smallest absolute Gasteiger partial charge is 0.414 e. The molecule has 11 heteroatoms. The minimum absolute atomic E-state index is 0.202. The van der Waals surface area contributed by atoms with Crippen LogP contribution in [0.25, 0.3) is 0 Å². The van der Waals surface area contributed by atoms with Crippen LogP contribution in [0.5, 0.6) is 0 Å². The Bertz CT molecular complexity index is 821. The number of hydrogen-bond donors (Lipinski definition) is 1. The normalized spacial score (nSPS) is 19.4. The van der Waals surface area contributed by atoms with Crippen molar-refractivity contribution < 1.29 is 28.3 Å². The summed E-state index contributed by atoms with van der Waals surface area (Å²) in [4.78, 5) is 45.2. The molecule has 0 bridgehead atoms. The summed E-state index contributed by atoms with van der Waals surface area (Å²) in [5.41, 5.74) is 0.742. The molecular formula is C19H26FN5O5. The lowest BCUT2D eigenvalue weighted by atomic mass is 10.2. The van der Waals surface area contributed by atoms with Crippen molar-refractivity contribution in [2.45, 2.75) is 13.0 Å². The highest BCUT2D eigenvalue weighted by atomic mass is 19.1. The van der Waals surface area contributed by atoms with Crippen LogP contribution in [0.3, 0.4) is 0 Å². The lowest BCUT2D eigenvalue weighted by molar-refractivity contribution is -0.119. The van der Waals surface area contributed by atoms with E-state index in [0.717, 1.165) is 0 Å². The van der Waals surface area contributed by atoms with Gasteiger partial charge in [-0.3, -0.25) is 14.5 Å². The van der Waals surface area contributed by atoms with Crippen molar-refractivity contribution in [1.82, 2.24) is 15.3 Å². The van der Waals surface area contributed by atoms with Crippen LogP contribution >= 0.6 is 0 Å². The number of cyclic esters (lactones) is 1. The largest absolute Gasteiger partial charge is 0.442 e. The van der Waals surface area contributed by atoms with Gasteiger partial charge in [-0.25, -0.2) is 19.0 Å². The number of benzene rings is 1. The highest BCUT2D eigenvalue weighted by Crippen LogP contribution is 2.28. The molecule has 164 valence electrons. The molecule has 2 fully saturated rings. The molecule has 1 aromatic rings. The van der Waals surface area contributed by atoms with Crippen LogP contribution < -0.4 is 15.1 Å². The fourth-order valence-electron chi connectivity index (χ4n) is 3.28. The van der Waals surface area contributed by atoms with E-state index in [1.165, 1.54) is 27.9 Å². The molecule has 10 nitrogen and oxygen atoms in total. The summed E-state index contributed by atoms with van der Waals surface area (Å²) in [6.45, 7) is 3.15. The zero-order valence-electron chi connectivity index (χ0n) is 17.3. The lowest BCUT2D eigenvalue weighted by Gasteiger charge is -2.24. The van der Waals surface area contributed by atoms with Gasteiger partial charge in [-0.1, -0.05) is 0 Å². The number of carbonyl (C=O) groups excluding carboxylic acids is 3. The Labute approximate surface area is 174 Å². The average molecular weight is 423 g/mol. The first-order valence-corrected chi connectivity index (χ1v) is 9.65. The van der Waals surface area contributed by atoms with E-state index < -0.39 is 18.0 Å². The molecular weight excluding hydrogens is 397 g/mol. The predicted octanol–water partition coefficient (Wildman–Crippen LogP) is 1.02. The number of urea groups is 1. The number of amides is 4. The number of carbonyl (C=O) groups is 3. The van der Waals surface area contributed by atoms with Gasteiger partial charge in [-0.2, -0.15) is 0 Å². The van der Waals surface area contributed by atoms with Crippen molar-refractivity contribution in [2.24, 2.45) is 0 Å². The maximum atomic E-state index is 14.9. The van der Waals surface area contributed by atoms with E-state index in [0.29, 0.717) is 31.0 Å². The number of hydroxylamine groups is 2. The summed E-state index contributed by atoms with van der Waals surface area (Å²) in [6, 6.07) is 4.26. The van der Waals surface area contributed by atoms with E-state index in [4.69, 9.17) is 9.57 Å². The van der Waals surface area contributed by atoms with Crippen molar-refractivity contribution in [3.05, 3.63) is 24.0 Å². The number of hydrogen-bond acceptors (Lipinski definition) is 6. The van der Waals surface area contributed by atoms with Crippen LogP contribution in [-0.4, -0.2) is 87.5 Å². The zero-order valence-corrected chi connectivity index (χ0v) is 17.3. The molecule has 30 heavy (non-hydrogen) atoms. The summed E-state index contributed by atoms with van der Waals surface area (Å²) < 4.78 is 20.1. The first-order valence-electron chi connectivity index (χ1n) is 9.65. The number of halogens is 1. The monoisotopic (exact) mass is 423 g/mol. The summed E-state index contributed by atoms with van der Waals surface area (Å²) in [6.07, 6.45) is -1.08. The third-order valence-corrected chi connectivity index (χ3v) is 4.81. The van der Waals surface area contributed by atoms with E-state index in [9.17, 15) is 18.8 Å². The van der Waals surface area contributed by atoms with Gasteiger partial charge in [0.15, 0.2) is 0 Å². The molecule has 0 unspecified atom stereocenters. The van der Waals surface area contributed by atoms with Gasteiger partial charge >= 0.3 is 12.1 Å². The van der Waals surface area contributed by atoms with Crippen LogP contribution in [0.1, 0.15) is 6.92 Å². The fraction of sp³-hybridized carbons (Fsp3) is 0.526. The Morgan fingerprint density at radius 2 is 2.03 bits per heavy atom. The molecule has 2 saturated heterocycles. The number of rotatable bonds is 4. The third-order valence-electron chi connectivity index (χ3n) is 4.81. The highest BCUT2D eigenvalue weighted by molar-refractivity contribution is 5.90. The summed E-state index contributed by atoms with van der Waals surface area (Å²) in [7, 11) is 3.27. The Kier molecular flexibility index (Phi) is 6.60. The van der Waals surface area contributed by atoms with Crippen LogP contribution in [0.4, 0.5) is 25.4 Å². The van der Waals surface area contributed by atoms with Crippen LogP contribution in [0.2, 0.25) is 0 Å². The second-order valence-corrected chi connectivity index (χ2v) is 7.29. The second-order valence-electron chi connectivity index (χ2n) is 7.29. The maximum absolute atomic E-state index is 14.9. The molecule has 0 aromatic heterocycles. The molecule has 2 heterocycles. The van der Waals surface area contributed by atoms with Crippen LogP contribution in [0.15, 0.2) is 18.2 Å². The Morgan fingerprint density at radius 1 is 1.27 bits per heavy atom. The zero-order chi connectivity index (χ0) is 21.8. The summed E-state index contributed by atoms with van der Waals surface area (Å²) in [5.74, 6) is -0.704. The van der Waals surface area contributed by atoms with E-state index >= 15 is 0 Å². The van der Waals surface area contributed by atoms with Gasteiger partial charge in [0, 0.05) is 34.1 Å². The molecule has 1 atom stereocenters. The lowest BCUT2D eigenvalue weighted by Crippen LogP contribution is -2.40. The minimum Gasteiger partial charge on any atom is -0.442 e. The molecule has 0 spiro atoms. The number of anilines is 2. The molecule has 4 amide bonds. The number of nitrogens with zero attached hydrogens (tertiary/aromatic N) is 4. The van der Waals surface area contributed by atoms with Gasteiger partial charge in [0.1, 0.15) is 11.9 Å². The van der Waals surface area contributed by atoms with Crippen LogP contribution in [0, 0.1) is 5.82 Å². The van der Waals surface area contributed by atoms with Gasteiger partial charge in [0.05, 0.1) is 37.6 Å². The topological polar surface area (TPSA) is 94.7 Å². The predicted molar refractivity (Wildman–Crippen MR) is 107 cm³/mol. The average Bonchev–Trinajstić information content (AvgIpc) is 2.91. The van der Waals surface area contributed by atoms with Crippen LogP contribution in [-0.2, 0) is 14.4 Å². The van der Waals surface area contributed by atoms with Gasteiger partial charge in [-0.15, -0.1) is 0 Å². The van der Waals surface area contributed by atoms with Gasteiger partial charge < -0.3 is 19.9 Å². The maximum Gasteiger partial charge on any atom is 0.414 e. The standard InChI is InChI=1S/C19H26FN5O5/c1-13(26)21-11-15-12-24(19(28)30-15)14-4-5-17(16(20)10-14)23-6-7-25(29-9-8-23)18(27)22(2)3/h4-5,10,15H,6-9,11-12H2,1-3H3,(H,21,26)/t15-/m0/s1. The van der Waals surface area contributed by atoms with E-state index in [-0.39, 0.29) is 31.6 Å². The SMILES string of the molecule is CC(=O)NC[C@H]1CN(c2ccc(N3CCON(C(=O)N(C)C)CC3)c(F)c2)C(=O)O1. The van der Waals surface area contributed by atoms with Crippen molar-refractivity contribution in [3.63, 3.8) is 0 Å². The Hall–Kier alpha value is -3.08. The van der Waals surface area contributed by atoms with Gasteiger partial charge in [-0.05, 0) is 18.2 Å². The minimum atomic E-state index is -0.585. The number of nitrogens with one attached hydrogen (secondary N) is 1. The Balaban J connectivity index is 1.66. The quantitative estimate of drug-likeness (QED) is 0.777. The fourth-order valence-corrected chi connectivity index (χ4v) is 3.28. The molecule has 2 aliphatic rings. The first-order chi connectivity index (χ1) is 14.3. The van der Waals surface area contributed by atoms with Crippen molar-refractivity contribution in [1.29, 1.82) is 0 Å². The molecule has 0 radical (unpaired) electrons. The number of ether oxygens (including phenoxy) is 1. The van der Waals surface area contributed by atoms with Crippen molar-refractivity contribution >= 4 is 29.4 Å².